The summed E-state index contributed by atoms with van der Waals surface area (Å²) in [6, 6.07) is 17.7. The number of quaternary nitrogens is 1. The zero-order chi connectivity index (χ0) is 16.1. The van der Waals surface area contributed by atoms with Gasteiger partial charge in [0.25, 0.3) is 0 Å². The molecule has 1 aliphatic heterocycles. The number of hydrogen-bond acceptors (Lipinski definition) is 1. The van der Waals surface area contributed by atoms with Crippen LogP contribution in [0.25, 0.3) is 0 Å². The Balaban J connectivity index is 1.46. The molecule has 0 aromatic heterocycles. The number of benzene rings is 2. The summed E-state index contributed by atoms with van der Waals surface area (Å²) in [6.45, 7) is 10.6. The number of aryl methyl sites for hydroxylation is 3. The number of anilines is 1. The van der Waals surface area contributed by atoms with Crippen LogP contribution in [0.1, 0.15) is 23.1 Å². The molecule has 0 unspecified atom stereocenters. The fourth-order valence-electron chi connectivity index (χ4n) is 3.56. The van der Waals surface area contributed by atoms with Gasteiger partial charge in [0.15, 0.2) is 0 Å². The minimum absolute atomic E-state index is 1.19. The Hall–Kier alpha value is -1.80. The molecule has 0 spiro atoms. The maximum Gasteiger partial charge on any atom is 0.0949 e. The average Bonchev–Trinajstić information content (AvgIpc) is 2.59. The molecule has 2 aromatic carbocycles. The highest BCUT2D eigenvalue weighted by Crippen LogP contribution is 2.21. The standard InChI is InChI=1S/C21H28N2/c1-18-10-11-19(2)21(17-18)23-15-13-22(14-16-23)12-6-9-20-7-4-3-5-8-20/h3-5,7-8,10-11,17H,6,9,12-16H2,1-2H3/p+1. The first-order valence-corrected chi connectivity index (χ1v) is 8.92. The van der Waals surface area contributed by atoms with Crippen LogP contribution in [0.3, 0.4) is 0 Å². The van der Waals surface area contributed by atoms with Crippen molar-refractivity contribution in [2.24, 2.45) is 0 Å². The predicted molar refractivity (Wildman–Crippen MR) is 98.5 cm³/mol. The Kier molecular flexibility index (Phi) is 5.35. The largest absolute Gasteiger partial charge is 0.360 e. The fraction of sp³-hybridized carbons (Fsp3) is 0.429. The molecule has 0 atom stereocenters. The molecule has 23 heavy (non-hydrogen) atoms. The van der Waals surface area contributed by atoms with Crippen LogP contribution in [0, 0.1) is 13.8 Å². The van der Waals surface area contributed by atoms with Crippen LogP contribution < -0.4 is 9.80 Å². The second kappa shape index (κ2) is 7.65. The van der Waals surface area contributed by atoms with E-state index in [1.54, 1.807) is 4.90 Å². The molecule has 1 N–H and O–H groups in total. The molecule has 1 aliphatic rings. The highest BCUT2D eigenvalue weighted by molar-refractivity contribution is 5.55. The summed E-state index contributed by atoms with van der Waals surface area (Å²) >= 11 is 0. The number of hydrogen-bond donors (Lipinski definition) is 1. The summed E-state index contributed by atoms with van der Waals surface area (Å²) in [5.41, 5.74) is 5.68. The van der Waals surface area contributed by atoms with Gasteiger partial charge in [0.05, 0.1) is 32.7 Å². The van der Waals surface area contributed by atoms with Crippen LogP contribution >= 0.6 is 0 Å². The maximum absolute atomic E-state index is 2.57. The Morgan fingerprint density at radius 2 is 1.70 bits per heavy atom. The van der Waals surface area contributed by atoms with Crippen molar-refractivity contribution in [1.82, 2.24) is 0 Å². The van der Waals surface area contributed by atoms with Crippen LogP contribution in [0.15, 0.2) is 48.5 Å². The third-order valence-electron chi connectivity index (χ3n) is 5.01. The molecule has 2 aromatic rings. The third kappa shape index (κ3) is 4.35. The molecule has 1 fully saturated rings. The molecule has 122 valence electrons. The van der Waals surface area contributed by atoms with Crippen molar-refractivity contribution in [2.45, 2.75) is 26.7 Å². The summed E-state index contributed by atoms with van der Waals surface area (Å²) in [7, 11) is 0. The van der Waals surface area contributed by atoms with Crippen molar-refractivity contribution in [1.29, 1.82) is 0 Å². The highest BCUT2D eigenvalue weighted by atomic mass is 15.3. The molecule has 3 rings (SSSR count). The molecule has 1 heterocycles. The molecular formula is C21H29N2+. The fourth-order valence-corrected chi connectivity index (χ4v) is 3.56. The van der Waals surface area contributed by atoms with Crippen molar-refractivity contribution < 1.29 is 4.90 Å². The van der Waals surface area contributed by atoms with Gasteiger partial charge in [0.2, 0.25) is 0 Å². The zero-order valence-electron chi connectivity index (χ0n) is 14.5. The van der Waals surface area contributed by atoms with E-state index in [1.165, 1.54) is 67.9 Å². The zero-order valence-corrected chi connectivity index (χ0v) is 14.5. The quantitative estimate of drug-likeness (QED) is 0.892. The van der Waals surface area contributed by atoms with E-state index in [1.807, 2.05) is 0 Å². The lowest BCUT2D eigenvalue weighted by Gasteiger charge is -2.34. The predicted octanol–water partition coefficient (Wildman–Crippen LogP) is 2.64. The lowest BCUT2D eigenvalue weighted by Crippen LogP contribution is -3.14. The lowest BCUT2D eigenvalue weighted by molar-refractivity contribution is -0.900. The monoisotopic (exact) mass is 309 g/mol. The molecule has 1 saturated heterocycles. The van der Waals surface area contributed by atoms with E-state index >= 15 is 0 Å². The SMILES string of the molecule is Cc1ccc(C)c(N2CC[NH+](CCCc3ccccc3)CC2)c1. The Morgan fingerprint density at radius 3 is 2.43 bits per heavy atom. The van der Waals surface area contributed by atoms with Gasteiger partial charge < -0.3 is 9.80 Å². The van der Waals surface area contributed by atoms with E-state index in [-0.39, 0.29) is 0 Å². The third-order valence-corrected chi connectivity index (χ3v) is 5.01. The number of rotatable bonds is 5. The van der Waals surface area contributed by atoms with E-state index in [0.717, 1.165) is 0 Å². The van der Waals surface area contributed by atoms with Gasteiger partial charge in [-0.25, -0.2) is 0 Å². The Bertz CT molecular complexity index is 613. The smallest absolute Gasteiger partial charge is 0.0949 e. The summed E-state index contributed by atoms with van der Waals surface area (Å²) in [5.74, 6) is 0. The van der Waals surface area contributed by atoms with Gasteiger partial charge in [-0.15, -0.1) is 0 Å². The maximum atomic E-state index is 2.57. The van der Waals surface area contributed by atoms with Crippen LogP contribution in [0.2, 0.25) is 0 Å². The summed E-state index contributed by atoms with van der Waals surface area (Å²) < 4.78 is 0. The van der Waals surface area contributed by atoms with Crippen molar-refractivity contribution >= 4 is 5.69 Å². The second-order valence-corrected chi connectivity index (χ2v) is 6.87. The normalized spacial score (nSPS) is 15.8. The second-order valence-electron chi connectivity index (χ2n) is 6.87. The van der Waals surface area contributed by atoms with Gasteiger partial charge in [0.1, 0.15) is 0 Å². The summed E-state index contributed by atoms with van der Waals surface area (Å²) in [4.78, 5) is 4.34. The Morgan fingerprint density at radius 1 is 0.957 bits per heavy atom. The number of nitrogens with zero attached hydrogens (tertiary/aromatic N) is 1. The number of nitrogens with one attached hydrogen (secondary N) is 1. The van der Waals surface area contributed by atoms with E-state index in [9.17, 15) is 0 Å². The van der Waals surface area contributed by atoms with E-state index in [0.29, 0.717) is 0 Å². The molecule has 2 nitrogen and oxygen atoms in total. The van der Waals surface area contributed by atoms with Gasteiger partial charge in [-0.1, -0.05) is 42.5 Å². The van der Waals surface area contributed by atoms with Crippen LogP contribution in [-0.4, -0.2) is 32.7 Å². The van der Waals surface area contributed by atoms with Gasteiger partial charge >= 0.3 is 0 Å². The van der Waals surface area contributed by atoms with Crippen molar-refractivity contribution in [2.75, 3.05) is 37.6 Å². The molecule has 0 saturated carbocycles. The molecular weight excluding hydrogens is 280 g/mol. The van der Waals surface area contributed by atoms with Crippen molar-refractivity contribution in [3.8, 4) is 0 Å². The van der Waals surface area contributed by atoms with Crippen LogP contribution in [0.5, 0.6) is 0 Å². The van der Waals surface area contributed by atoms with Crippen LogP contribution in [-0.2, 0) is 6.42 Å². The minimum atomic E-state index is 1.19. The average molecular weight is 309 g/mol. The van der Waals surface area contributed by atoms with Crippen molar-refractivity contribution in [3.63, 3.8) is 0 Å². The van der Waals surface area contributed by atoms with Gasteiger partial charge in [0, 0.05) is 12.1 Å². The van der Waals surface area contributed by atoms with Gasteiger partial charge in [-0.3, -0.25) is 0 Å². The first kappa shape index (κ1) is 16.1. The first-order chi connectivity index (χ1) is 11.2. The summed E-state index contributed by atoms with van der Waals surface area (Å²) in [5, 5.41) is 0. The van der Waals surface area contributed by atoms with Gasteiger partial charge in [-0.05, 0) is 43.0 Å². The molecule has 0 radical (unpaired) electrons. The minimum Gasteiger partial charge on any atom is -0.360 e. The Labute approximate surface area is 140 Å². The van der Waals surface area contributed by atoms with E-state index in [2.05, 4.69) is 67.3 Å². The molecule has 0 bridgehead atoms. The number of piperazine rings is 1. The van der Waals surface area contributed by atoms with E-state index in [4.69, 9.17) is 0 Å². The van der Waals surface area contributed by atoms with Crippen molar-refractivity contribution in [3.05, 3.63) is 65.2 Å². The molecule has 0 amide bonds. The van der Waals surface area contributed by atoms with E-state index < -0.39 is 0 Å². The molecule has 2 heteroatoms. The topological polar surface area (TPSA) is 7.68 Å². The lowest BCUT2D eigenvalue weighted by atomic mass is 10.1. The first-order valence-electron chi connectivity index (χ1n) is 8.92. The van der Waals surface area contributed by atoms with Gasteiger partial charge in [-0.2, -0.15) is 0 Å². The summed E-state index contributed by atoms with van der Waals surface area (Å²) in [6.07, 6.45) is 2.51. The van der Waals surface area contributed by atoms with Crippen LogP contribution in [0.4, 0.5) is 5.69 Å². The highest BCUT2D eigenvalue weighted by Gasteiger charge is 2.20. The molecule has 0 aliphatic carbocycles.